The van der Waals surface area contributed by atoms with Crippen LogP contribution in [0.3, 0.4) is 0 Å². The average molecular weight is 298 g/mol. The smallest absolute Gasteiger partial charge is 0.384 e. The van der Waals surface area contributed by atoms with Gasteiger partial charge >= 0.3 is 5.97 Å². The Bertz CT molecular complexity index is 397. The molecule has 0 aliphatic carbocycles. The summed E-state index contributed by atoms with van der Waals surface area (Å²) in [6.07, 6.45) is 3.04. The van der Waals surface area contributed by atoms with E-state index >= 15 is 0 Å². The van der Waals surface area contributed by atoms with Crippen LogP contribution in [0.4, 0.5) is 0 Å². The Hall–Kier alpha value is -1.09. The van der Waals surface area contributed by atoms with E-state index in [2.05, 4.69) is 11.8 Å². The highest BCUT2D eigenvalue weighted by atomic mass is 16.7. The Morgan fingerprint density at radius 1 is 1.38 bits per heavy atom. The van der Waals surface area contributed by atoms with Crippen LogP contribution in [0.5, 0.6) is 0 Å². The molecule has 0 spiro atoms. The van der Waals surface area contributed by atoms with Crippen molar-refractivity contribution in [1.29, 1.82) is 0 Å². The van der Waals surface area contributed by atoms with Crippen molar-refractivity contribution in [3.8, 4) is 11.8 Å². The molecular formula is C16H26O5. The standard InChI is InChI=1S/C16H26O5/c1-5-19-13(17)9-10-16(4,18)12-15(2,3)21-14-8-6-7-11-20-14/h14,18H,5-8,11-12H2,1-4H3. The summed E-state index contributed by atoms with van der Waals surface area (Å²) in [7, 11) is 0. The summed E-state index contributed by atoms with van der Waals surface area (Å²) in [6.45, 7) is 8.00. The summed E-state index contributed by atoms with van der Waals surface area (Å²) in [5, 5.41) is 10.3. The molecule has 1 saturated heterocycles. The van der Waals surface area contributed by atoms with Gasteiger partial charge in [-0.25, -0.2) is 4.79 Å². The largest absolute Gasteiger partial charge is 0.456 e. The average Bonchev–Trinajstić information content (AvgIpc) is 2.36. The van der Waals surface area contributed by atoms with Crippen LogP contribution in [0.25, 0.3) is 0 Å². The van der Waals surface area contributed by atoms with Gasteiger partial charge < -0.3 is 19.3 Å². The monoisotopic (exact) mass is 298 g/mol. The van der Waals surface area contributed by atoms with Gasteiger partial charge in [-0.05, 0) is 47.0 Å². The Morgan fingerprint density at radius 2 is 2.10 bits per heavy atom. The fourth-order valence-electron chi connectivity index (χ4n) is 2.43. The van der Waals surface area contributed by atoms with Crippen LogP contribution < -0.4 is 0 Å². The number of hydrogen-bond acceptors (Lipinski definition) is 5. The maximum Gasteiger partial charge on any atom is 0.384 e. The molecule has 5 heteroatoms. The third-order valence-corrected chi connectivity index (χ3v) is 3.07. The molecule has 0 amide bonds. The lowest BCUT2D eigenvalue weighted by atomic mass is 9.91. The number of hydrogen-bond donors (Lipinski definition) is 1. The van der Waals surface area contributed by atoms with Crippen molar-refractivity contribution >= 4 is 5.97 Å². The summed E-state index contributed by atoms with van der Waals surface area (Å²) in [5.41, 5.74) is -1.93. The van der Waals surface area contributed by atoms with E-state index in [4.69, 9.17) is 14.2 Å². The molecular weight excluding hydrogens is 272 g/mol. The molecule has 5 nitrogen and oxygen atoms in total. The zero-order chi connectivity index (χ0) is 15.9. The van der Waals surface area contributed by atoms with Gasteiger partial charge in [0.05, 0.1) is 12.2 Å². The normalized spacial score (nSPS) is 21.9. The minimum absolute atomic E-state index is 0.234. The van der Waals surface area contributed by atoms with E-state index < -0.39 is 17.2 Å². The molecule has 1 aliphatic rings. The van der Waals surface area contributed by atoms with Crippen LogP contribution in [0, 0.1) is 11.8 Å². The summed E-state index contributed by atoms with van der Waals surface area (Å²) >= 11 is 0. The zero-order valence-electron chi connectivity index (χ0n) is 13.4. The predicted molar refractivity (Wildman–Crippen MR) is 78.4 cm³/mol. The highest BCUT2D eigenvalue weighted by Crippen LogP contribution is 2.27. The number of ether oxygens (including phenoxy) is 3. The second-order valence-corrected chi connectivity index (χ2v) is 6.09. The first-order chi connectivity index (χ1) is 9.74. The second kappa shape index (κ2) is 7.79. The number of rotatable bonds is 5. The first kappa shape index (κ1) is 18.0. The molecule has 0 saturated carbocycles. The summed E-state index contributed by atoms with van der Waals surface area (Å²) in [4.78, 5) is 11.2. The molecule has 0 radical (unpaired) electrons. The van der Waals surface area contributed by atoms with E-state index in [1.807, 2.05) is 13.8 Å². The Labute approximate surface area is 127 Å². The molecule has 120 valence electrons. The fourth-order valence-corrected chi connectivity index (χ4v) is 2.43. The summed E-state index contributed by atoms with van der Waals surface area (Å²) in [5.74, 6) is 4.22. The van der Waals surface area contributed by atoms with Gasteiger partial charge in [-0.15, -0.1) is 0 Å². The first-order valence-electron chi connectivity index (χ1n) is 7.46. The number of aliphatic hydroxyl groups is 1. The molecule has 0 aromatic rings. The van der Waals surface area contributed by atoms with Gasteiger partial charge in [-0.2, -0.15) is 0 Å². The van der Waals surface area contributed by atoms with Gasteiger partial charge in [0, 0.05) is 18.9 Å². The highest BCUT2D eigenvalue weighted by molar-refractivity contribution is 5.88. The molecule has 1 N–H and O–H groups in total. The van der Waals surface area contributed by atoms with Crippen molar-refractivity contribution in [3.63, 3.8) is 0 Å². The Kier molecular flexibility index (Phi) is 6.66. The van der Waals surface area contributed by atoms with Gasteiger partial charge in [0.25, 0.3) is 0 Å². The van der Waals surface area contributed by atoms with E-state index in [1.54, 1.807) is 13.8 Å². The molecule has 0 bridgehead atoms. The quantitative estimate of drug-likeness (QED) is 0.478. The lowest BCUT2D eigenvalue weighted by Crippen LogP contribution is -2.40. The maximum absolute atomic E-state index is 11.2. The molecule has 21 heavy (non-hydrogen) atoms. The van der Waals surface area contributed by atoms with Crippen molar-refractivity contribution in [2.45, 2.75) is 70.9 Å². The van der Waals surface area contributed by atoms with Crippen LogP contribution in [0.15, 0.2) is 0 Å². The van der Waals surface area contributed by atoms with Crippen molar-refractivity contribution in [1.82, 2.24) is 0 Å². The summed E-state index contributed by atoms with van der Waals surface area (Å²) in [6, 6.07) is 0. The number of carbonyl (C=O) groups is 1. The molecule has 2 atom stereocenters. The number of carbonyl (C=O) groups excluding carboxylic acids is 1. The van der Waals surface area contributed by atoms with Crippen molar-refractivity contribution < 1.29 is 24.1 Å². The Morgan fingerprint density at radius 3 is 2.67 bits per heavy atom. The van der Waals surface area contributed by atoms with E-state index in [-0.39, 0.29) is 19.3 Å². The minimum Gasteiger partial charge on any atom is -0.456 e. The van der Waals surface area contributed by atoms with Crippen molar-refractivity contribution in [2.24, 2.45) is 0 Å². The molecule has 1 aliphatic heterocycles. The third-order valence-electron chi connectivity index (χ3n) is 3.07. The second-order valence-electron chi connectivity index (χ2n) is 6.09. The van der Waals surface area contributed by atoms with Crippen molar-refractivity contribution in [3.05, 3.63) is 0 Å². The van der Waals surface area contributed by atoms with E-state index in [0.29, 0.717) is 6.61 Å². The molecule has 0 aromatic carbocycles. The number of esters is 1. The molecule has 1 fully saturated rings. The topological polar surface area (TPSA) is 65.0 Å². The van der Waals surface area contributed by atoms with E-state index in [9.17, 15) is 9.90 Å². The van der Waals surface area contributed by atoms with Gasteiger partial charge in [-0.3, -0.25) is 0 Å². The van der Waals surface area contributed by atoms with E-state index in [1.165, 1.54) is 0 Å². The highest BCUT2D eigenvalue weighted by Gasteiger charge is 2.33. The molecule has 0 aromatic heterocycles. The lowest BCUT2D eigenvalue weighted by molar-refractivity contribution is -0.223. The maximum atomic E-state index is 11.2. The Balaban J connectivity index is 2.56. The zero-order valence-corrected chi connectivity index (χ0v) is 13.4. The van der Waals surface area contributed by atoms with Gasteiger partial charge in [0.1, 0.15) is 5.60 Å². The van der Waals surface area contributed by atoms with Gasteiger partial charge in [-0.1, -0.05) is 5.92 Å². The minimum atomic E-state index is -1.33. The molecule has 1 rings (SSSR count). The lowest BCUT2D eigenvalue weighted by Gasteiger charge is -2.35. The van der Waals surface area contributed by atoms with Crippen LogP contribution in [0.1, 0.15) is 53.4 Å². The molecule has 1 heterocycles. The van der Waals surface area contributed by atoms with Crippen LogP contribution >= 0.6 is 0 Å². The third kappa shape index (κ3) is 7.47. The summed E-state index contributed by atoms with van der Waals surface area (Å²) < 4.78 is 16.2. The molecule has 2 unspecified atom stereocenters. The van der Waals surface area contributed by atoms with Crippen LogP contribution in [0.2, 0.25) is 0 Å². The predicted octanol–water partition coefficient (Wildman–Crippen LogP) is 2.02. The van der Waals surface area contributed by atoms with Crippen LogP contribution in [-0.4, -0.2) is 41.8 Å². The van der Waals surface area contributed by atoms with E-state index in [0.717, 1.165) is 19.3 Å². The fraction of sp³-hybridized carbons (Fsp3) is 0.812. The van der Waals surface area contributed by atoms with Gasteiger partial charge in [0.15, 0.2) is 6.29 Å². The SMILES string of the molecule is CCOC(=O)C#CC(C)(O)CC(C)(C)OC1CCCCO1. The van der Waals surface area contributed by atoms with Crippen LogP contribution in [-0.2, 0) is 19.0 Å². The van der Waals surface area contributed by atoms with Crippen molar-refractivity contribution in [2.75, 3.05) is 13.2 Å². The van der Waals surface area contributed by atoms with Gasteiger partial charge in [0.2, 0.25) is 0 Å². The first-order valence-corrected chi connectivity index (χ1v) is 7.46.